The van der Waals surface area contributed by atoms with Gasteiger partial charge in [0, 0.05) is 25.3 Å². The van der Waals surface area contributed by atoms with E-state index in [9.17, 15) is 13.2 Å². The maximum atomic E-state index is 12.0. The van der Waals surface area contributed by atoms with Gasteiger partial charge in [-0.1, -0.05) is 6.92 Å². The van der Waals surface area contributed by atoms with Crippen LogP contribution in [-0.4, -0.2) is 45.7 Å². The van der Waals surface area contributed by atoms with E-state index in [1.807, 2.05) is 6.92 Å². The fraction of sp³-hybridized carbons (Fsp3) is 0.429. The molecule has 0 aliphatic rings. The highest BCUT2D eigenvalue weighted by atomic mass is 32.2. The highest BCUT2D eigenvalue weighted by molar-refractivity contribution is 7.89. The van der Waals surface area contributed by atoms with E-state index >= 15 is 0 Å². The molecule has 8 nitrogen and oxygen atoms in total. The number of hydrazine groups is 1. The molecule has 0 aliphatic heterocycles. The molecule has 1 amide bonds. The molecule has 4 N–H and O–H groups in total. The molecular weight excluding hydrogens is 352 g/mol. The molecule has 0 unspecified atom stereocenters. The van der Waals surface area contributed by atoms with Crippen molar-refractivity contribution in [3.63, 3.8) is 0 Å². The van der Waals surface area contributed by atoms with Crippen LogP contribution in [0.25, 0.3) is 0 Å². The summed E-state index contributed by atoms with van der Waals surface area (Å²) in [7, 11) is -1.96. The molecule has 0 saturated heterocycles. The third kappa shape index (κ3) is 6.40. The minimum Gasteiger partial charge on any atom is -0.383 e. The first-order chi connectivity index (χ1) is 11.3. The Morgan fingerprint density at radius 2 is 1.88 bits per heavy atom. The zero-order valence-electron chi connectivity index (χ0n) is 13.8. The second kappa shape index (κ2) is 9.52. The normalized spacial score (nSPS) is 12.3. The van der Waals surface area contributed by atoms with Crippen molar-refractivity contribution < 1.29 is 17.9 Å². The van der Waals surface area contributed by atoms with Gasteiger partial charge in [-0.05, 0) is 43.4 Å². The molecule has 10 heteroatoms. The predicted octanol–water partition coefficient (Wildman–Crippen LogP) is 0.129. The zero-order valence-corrected chi connectivity index (χ0v) is 15.4. The Bertz CT molecular complexity index is 662. The number of carbonyl (C=O) groups excluding carboxylic acids is 1. The summed E-state index contributed by atoms with van der Waals surface area (Å²) in [6.45, 7) is 4.33. The van der Waals surface area contributed by atoms with Crippen molar-refractivity contribution in [1.82, 2.24) is 20.9 Å². The van der Waals surface area contributed by atoms with Gasteiger partial charge in [0.05, 0.1) is 11.5 Å². The number of nitrogens with one attached hydrogen (secondary N) is 4. The Balaban J connectivity index is 2.59. The molecule has 0 radical (unpaired) electrons. The third-order valence-corrected chi connectivity index (χ3v) is 4.63. The van der Waals surface area contributed by atoms with Gasteiger partial charge in [-0.2, -0.15) is 0 Å². The maximum Gasteiger partial charge on any atom is 0.269 e. The summed E-state index contributed by atoms with van der Waals surface area (Å²) >= 11 is 5.03. The highest BCUT2D eigenvalue weighted by Gasteiger charge is 2.13. The zero-order chi connectivity index (χ0) is 18.2. The Kier molecular flexibility index (Phi) is 8.05. The topological polar surface area (TPSA) is 109 Å². The van der Waals surface area contributed by atoms with Gasteiger partial charge in [0.1, 0.15) is 0 Å². The number of hydrogen-bond donors (Lipinski definition) is 4. The fourth-order valence-electron chi connectivity index (χ4n) is 1.80. The standard InChI is InChI=1S/C14H22N4O4S2/c1-4-15-24(20,21)12-7-5-11(6-8-12)13(19)17-18-14(23)16-10(2)9-22-3/h5-8,10,15H,4,9H2,1-3H3,(H,17,19)(H2,16,18,23)/t10-/m1/s1. The van der Waals surface area contributed by atoms with Crippen LogP contribution < -0.4 is 20.9 Å². The number of carbonyl (C=O) groups is 1. The SMILES string of the molecule is CCNS(=O)(=O)c1ccc(C(=O)NNC(=S)N[C@H](C)COC)cc1. The lowest BCUT2D eigenvalue weighted by atomic mass is 10.2. The second-order valence-electron chi connectivity index (χ2n) is 4.93. The van der Waals surface area contributed by atoms with Gasteiger partial charge < -0.3 is 10.1 Å². The number of amides is 1. The molecule has 134 valence electrons. The maximum absolute atomic E-state index is 12.0. The summed E-state index contributed by atoms with van der Waals surface area (Å²) in [5.74, 6) is -0.439. The number of sulfonamides is 1. The van der Waals surface area contributed by atoms with Crippen LogP contribution in [0.4, 0.5) is 0 Å². The highest BCUT2D eigenvalue weighted by Crippen LogP contribution is 2.10. The third-order valence-electron chi connectivity index (χ3n) is 2.84. The average molecular weight is 374 g/mol. The van der Waals surface area contributed by atoms with E-state index in [4.69, 9.17) is 17.0 Å². The number of rotatable bonds is 7. The minimum atomic E-state index is -3.54. The number of hydrogen-bond acceptors (Lipinski definition) is 5. The lowest BCUT2D eigenvalue weighted by molar-refractivity contribution is 0.0943. The molecule has 1 aromatic carbocycles. The van der Waals surface area contributed by atoms with E-state index in [0.717, 1.165) is 0 Å². The van der Waals surface area contributed by atoms with Crippen molar-refractivity contribution in [2.75, 3.05) is 20.3 Å². The van der Waals surface area contributed by atoms with E-state index in [-0.39, 0.29) is 16.0 Å². The van der Waals surface area contributed by atoms with E-state index in [0.29, 0.717) is 18.7 Å². The van der Waals surface area contributed by atoms with Crippen LogP contribution in [-0.2, 0) is 14.8 Å². The van der Waals surface area contributed by atoms with Crippen molar-refractivity contribution in [3.05, 3.63) is 29.8 Å². The van der Waals surface area contributed by atoms with Crippen LogP contribution >= 0.6 is 12.2 Å². The van der Waals surface area contributed by atoms with Gasteiger partial charge in [-0.3, -0.25) is 15.6 Å². The summed E-state index contributed by atoms with van der Waals surface area (Å²) in [5.41, 5.74) is 5.30. The van der Waals surface area contributed by atoms with Crippen molar-refractivity contribution >= 4 is 33.3 Å². The van der Waals surface area contributed by atoms with E-state index in [1.165, 1.54) is 24.3 Å². The molecule has 1 aromatic rings. The summed E-state index contributed by atoms with van der Waals surface area (Å²) < 4.78 is 31.0. The van der Waals surface area contributed by atoms with Gasteiger partial charge in [0.15, 0.2) is 5.11 Å². The van der Waals surface area contributed by atoms with Crippen molar-refractivity contribution in [2.45, 2.75) is 24.8 Å². The number of benzene rings is 1. The molecule has 1 rings (SSSR count). The van der Waals surface area contributed by atoms with Gasteiger partial charge in [0.2, 0.25) is 10.0 Å². The first-order valence-electron chi connectivity index (χ1n) is 7.25. The monoisotopic (exact) mass is 374 g/mol. The van der Waals surface area contributed by atoms with Gasteiger partial charge in [-0.25, -0.2) is 13.1 Å². The van der Waals surface area contributed by atoms with Crippen molar-refractivity contribution in [1.29, 1.82) is 0 Å². The Hall–Kier alpha value is -1.75. The first-order valence-corrected chi connectivity index (χ1v) is 9.14. The number of methoxy groups -OCH3 is 1. The predicted molar refractivity (Wildman–Crippen MR) is 95.0 cm³/mol. The lowest BCUT2D eigenvalue weighted by Crippen LogP contribution is -2.49. The van der Waals surface area contributed by atoms with E-state index < -0.39 is 15.9 Å². The van der Waals surface area contributed by atoms with Crippen LogP contribution in [0.15, 0.2) is 29.2 Å². The molecule has 0 aliphatic carbocycles. The molecule has 0 heterocycles. The minimum absolute atomic E-state index is 0.0116. The quantitative estimate of drug-likeness (QED) is 0.397. The summed E-state index contributed by atoms with van der Waals surface area (Å²) in [6.07, 6.45) is 0. The Labute approximate surface area is 147 Å². The van der Waals surface area contributed by atoms with Crippen LogP contribution in [0.2, 0.25) is 0 Å². The van der Waals surface area contributed by atoms with E-state index in [2.05, 4.69) is 20.9 Å². The Morgan fingerprint density at radius 1 is 1.25 bits per heavy atom. The largest absolute Gasteiger partial charge is 0.383 e. The lowest BCUT2D eigenvalue weighted by Gasteiger charge is -2.16. The fourth-order valence-corrected chi connectivity index (χ4v) is 3.09. The second-order valence-corrected chi connectivity index (χ2v) is 7.11. The van der Waals surface area contributed by atoms with Crippen LogP contribution in [0.5, 0.6) is 0 Å². The molecular formula is C14H22N4O4S2. The molecule has 1 atom stereocenters. The molecule has 24 heavy (non-hydrogen) atoms. The Morgan fingerprint density at radius 3 is 2.42 bits per heavy atom. The molecule has 0 bridgehead atoms. The summed E-state index contributed by atoms with van der Waals surface area (Å²) in [4.78, 5) is 12.1. The van der Waals surface area contributed by atoms with Gasteiger partial charge in [-0.15, -0.1) is 0 Å². The molecule has 0 saturated carbocycles. The van der Waals surface area contributed by atoms with Gasteiger partial charge in [0.25, 0.3) is 5.91 Å². The summed E-state index contributed by atoms with van der Waals surface area (Å²) in [5, 5.41) is 3.17. The smallest absolute Gasteiger partial charge is 0.269 e. The van der Waals surface area contributed by atoms with Crippen LogP contribution in [0.1, 0.15) is 24.2 Å². The van der Waals surface area contributed by atoms with Crippen molar-refractivity contribution in [2.24, 2.45) is 0 Å². The van der Waals surface area contributed by atoms with E-state index in [1.54, 1.807) is 14.0 Å². The van der Waals surface area contributed by atoms with Crippen LogP contribution in [0, 0.1) is 0 Å². The van der Waals surface area contributed by atoms with Crippen LogP contribution in [0.3, 0.4) is 0 Å². The number of ether oxygens (including phenoxy) is 1. The molecule has 0 spiro atoms. The first kappa shape index (κ1) is 20.3. The molecule has 0 fully saturated rings. The van der Waals surface area contributed by atoms with Crippen molar-refractivity contribution in [3.8, 4) is 0 Å². The van der Waals surface area contributed by atoms with Gasteiger partial charge >= 0.3 is 0 Å². The average Bonchev–Trinajstić information content (AvgIpc) is 2.53. The molecule has 0 aromatic heterocycles. The number of thiocarbonyl (C=S) groups is 1. The summed E-state index contributed by atoms with van der Waals surface area (Å²) in [6, 6.07) is 5.56.